The molecule has 0 radical (unpaired) electrons. The molecule has 0 saturated carbocycles. The number of hydrogen-bond acceptors (Lipinski definition) is 1. The molecule has 1 N–H and O–H groups in total. The first-order valence-corrected chi connectivity index (χ1v) is 4.76. The Balaban J connectivity index is 2.32. The quantitative estimate of drug-likeness (QED) is 0.583. The topological polar surface area (TPSA) is 20.2 Å². The number of rotatable bonds is 0. The molecule has 1 heteroatoms. The molecular formula is C11H16O. The average Bonchev–Trinajstić information content (AvgIpc) is 2.35. The van der Waals surface area contributed by atoms with Crippen LogP contribution in [0.3, 0.4) is 0 Å². The van der Waals surface area contributed by atoms with Crippen molar-refractivity contribution in [2.24, 2.45) is 5.92 Å². The highest BCUT2D eigenvalue weighted by atomic mass is 16.3. The summed E-state index contributed by atoms with van der Waals surface area (Å²) in [4.78, 5) is 0. The van der Waals surface area contributed by atoms with Gasteiger partial charge >= 0.3 is 0 Å². The van der Waals surface area contributed by atoms with Gasteiger partial charge in [0.1, 0.15) is 0 Å². The Kier molecular flexibility index (Phi) is 1.84. The van der Waals surface area contributed by atoms with Gasteiger partial charge in [-0.05, 0) is 37.7 Å². The largest absolute Gasteiger partial charge is 0.388 e. The second kappa shape index (κ2) is 2.74. The lowest BCUT2D eigenvalue weighted by Gasteiger charge is -2.20. The van der Waals surface area contributed by atoms with Gasteiger partial charge in [0.25, 0.3) is 0 Å². The second-order valence-corrected chi connectivity index (χ2v) is 4.11. The van der Waals surface area contributed by atoms with Crippen molar-refractivity contribution in [2.75, 3.05) is 0 Å². The highest BCUT2D eigenvalue weighted by Gasteiger charge is 2.26. The van der Waals surface area contributed by atoms with E-state index in [1.165, 1.54) is 23.1 Å². The Bertz CT molecular complexity index is 260. The lowest BCUT2D eigenvalue weighted by Crippen LogP contribution is -2.09. The van der Waals surface area contributed by atoms with Crippen molar-refractivity contribution in [2.45, 2.75) is 39.2 Å². The van der Waals surface area contributed by atoms with Crippen molar-refractivity contribution in [3.05, 3.63) is 22.8 Å². The Morgan fingerprint density at radius 1 is 1.50 bits per heavy atom. The smallest absolute Gasteiger partial charge is 0.0792 e. The van der Waals surface area contributed by atoms with Gasteiger partial charge in [0.05, 0.1) is 6.10 Å². The van der Waals surface area contributed by atoms with E-state index in [0.29, 0.717) is 5.92 Å². The zero-order valence-corrected chi connectivity index (χ0v) is 7.80. The van der Waals surface area contributed by atoms with E-state index in [-0.39, 0.29) is 6.10 Å². The fourth-order valence-electron chi connectivity index (χ4n) is 2.18. The van der Waals surface area contributed by atoms with Crippen LogP contribution in [0.5, 0.6) is 0 Å². The fourth-order valence-corrected chi connectivity index (χ4v) is 2.18. The van der Waals surface area contributed by atoms with Crippen LogP contribution in [0, 0.1) is 5.92 Å². The molecule has 1 nitrogen and oxygen atoms in total. The molecule has 0 fully saturated rings. The van der Waals surface area contributed by atoms with Gasteiger partial charge in [-0.1, -0.05) is 24.1 Å². The zero-order valence-electron chi connectivity index (χ0n) is 7.80. The van der Waals surface area contributed by atoms with Crippen LogP contribution in [0.25, 0.3) is 0 Å². The van der Waals surface area contributed by atoms with Crippen molar-refractivity contribution in [3.63, 3.8) is 0 Å². The molecule has 66 valence electrons. The molecule has 2 rings (SSSR count). The van der Waals surface area contributed by atoms with Crippen LogP contribution >= 0.6 is 0 Å². The summed E-state index contributed by atoms with van der Waals surface area (Å²) in [5, 5.41) is 9.63. The minimum atomic E-state index is -0.164. The maximum atomic E-state index is 9.63. The molecule has 0 bridgehead atoms. The molecule has 0 aromatic rings. The van der Waals surface area contributed by atoms with Crippen LogP contribution in [0.1, 0.15) is 33.1 Å². The van der Waals surface area contributed by atoms with Crippen LogP contribution in [0.4, 0.5) is 0 Å². The molecule has 0 heterocycles. The SMILES string of the molecule is CC1=CC2=C(CCC2O)CC1C. The van der Waals surface area contributed by atoms with E-state index in [9.17, 15) is 5.11 Å². The summed E-state index contributed by atoms with van der Waals surface area (Å²) in [7, 11) is 0. The standard InChI is InChI=1S/C11H16O/c1-7-5-9-3-4-11(12)10(9)6-8(7)2/h6-7,11-12H,3-5H2,1-2H3. The molecule has 2 aliphatic rings. The van der Waals surface area contributed by atoms with Gasteiger partial charge in [0.2, 0.25) is 0 Å². The first kappa shape index (κ1) is 8.06. The van der Waals surface area contributed by atoms with Crippen molar-refractivity contribution in [1.82, 2.24) is 0 Å². The maximum absolute atomic E-state index is 9.63. The normalized spacial score (nSPS) is 35.1. The number of hydrogen-bond donors (Lipinski definition) is 1. The Labute approximate surface area is 73.8 Å². The Morgan fingerprint density at radius 3 is 3.00 bits per heavy atom. The first-order valence-electron chi connectivity index (χ1n) is 4.76. The predicted molar refractivity (Wildman–Crippen MR) is 49.8 cm³/mol. The highest BCUT2D eigenvalue weighted by molar-refractivity contribution is 5.40. The highest BCUT2D eigenvalue weighted by Crippen LogP contribution is 2.38. The summed E-state index contributed by atoms with van der Waals surface area (Å²) in [6.07, 6.45) is 5.27. The molecule has 0 aromatic carbocycles. The van der Waals surface area contributed by atoms with Crippen LogP contribution < -0.4 is 0 Å². The minimum Gasteiger partial charge on any atom is -0.388 e. The van der Waals surface area contributed by atoms with Crippen molar-refractivity contribution >= 4 is 0 Å². The summed E-state index contributed by atoms with van der Waals surface area (Å²) >= 11 is 0. The lowest BCUT2D eigenvalue weighted by molar-refractivity contribution is 0.215. The second-order valence-electron chi connectivity index (χ2n) is 4.11. The van der Waals surface area contributed by atoms with E-state index >= 15 is 0 Å². The van der Waals surface area contributed by atoms with E-state index in [4.69, 9.17) is 0 Å². The molecule has 0 aliphatic heterocycles. The molecule has 2 unspecified atom stereocenters. The third-order valence-electron chi connectivity index (χ3n) is 3.20. The molecule has 0 aromatic heterocycles. The zero-order chi connectivity index (χ0) is 8.72. The van der Waals surface area contributed by atoms with Gasteiger partial charge in [-0.3, -0.25) is 0 Å². The lowest BCUT2D eigenvalue weighted by atomic mass is 9.86. The molecule has 0 saturated heterocycles. The van der Waals surface area contributed by atoms with Gasteiger partial charge in [-0.25, -0.2) is 0 Å². The summed E-state index contributed by atoms with van der Waals surface area (Å²) in [5.74, 6) is 0.689. The monoisotopic (exact) mass is 164 g/mol. The van der Waals surface area contributed by atoms with E-state index in [1.54, 1.807) is 0 Å². The number of aliphatic hydroxyl groups is 1. The van der Waals surface area contributed by atoms with Crippen molar-refractivity contribution < 1.29 is 5.11 Å². The van der Waals surface area contributed by atoms with Crippen LogP contribution in [-0.4, -0.2) is 11.2 Å². The summed E-state index contributed by atoms with van der Waals surface area (Å²) in [5.41, 5.74) is 4.15. The van der Waals surface area contributed by atoms with Gasteiger partial charge in [-0.15, -0.1) is 0 Å². The van der Waals surface area contributed by atoms with Crippen molar-refractivity contribution in [3.8, 4) is 0 Å². The molecule has 0 amide bonds. The third kappa shape index (κ3) is 1.13. The molecular weight excluding hydrogens is 148 g/mol. The number of aliphatic hydroxyl groups excluding tert-OH is 1. The molecule has 2 aliphatic carbocycles. The van der Waals surface area contributed by atoms with Gasteiger partial charge in [0, 0.05) is 0 Å². The van der Waals surface area contributed by atoms with Crippen LogP contribution in [0.2, 0.25) is 0 Å². The average molecular weight is 164 g/mol. The Morgan fingerprint density at radius 2 is 2.25 bits per heavy atom. The van der Waals surface area contributed by atoms with Crippen LogP contribution in [0.15, 0.2) is 22.8 Å². The van der Waals surface area contributed by atoms with E-state index in [2.05, 4.69) is 19.9 Å². The molecule has 12 heavy (non-hydrogen) atoms. The molecule has 0 spiro atoms. The van der Waals surface area contributed by atoms with E-state index in [1.807, 2.05) is 0 Å². The summed E-state index contributed by atoms with van der Waals surface area (Å²) in [6, 6.07) is 0. The summed E-state index contributed by atoms with van der Waals surface area (Å²) in [6.45, 7) is 4.43. The third-order valence-corrected chi connectivity index (χ3v) is 3.20. The minimum absolute atomic E-state index is 0.164. The molecule has 2 atom stereocenters. The first-order chi connectivity index (χ1) is 5.68. The van der Waals surface area contributed by atoms with Gasteiger partial charge in [-0.2, -0.15) is 0 Å². The van der Waals surface area contributed by atoms with Crippen molar-refractivity contribution in [1.29, 1.82) is 0 Å². The predicted octanol–water partition coefficient (Wildman–Crippen LogP) is 2.42. The fraction of sp³-hybridized carbons (Fsp3) is 0.636. The van der Waals surface area contributed by atoms with Gasteiger partial charge in [0.15, 0.2) is 0 Å². The van der Waals surface area contributed by atoms with E-state index in [0.717, 1.165) is 12.8 Å². The van der Waals surface area contributed by atoms with Gasteiger partial charge < -0.3 is 5.11 Å². The summed E-state index contributed by atoms with van der Waals surface area (Å²) < 4.78 is 0. The van der Waals surface area contributed by atoms with E-state index < -0.39 is 0 Å². The number of allylic oxidation sites excluding steroid dienone is 2. The Hall–Kier alpha value is -0.560. The maximum Gasteiger partial charge on any atom is 0.0792 e. The van der Waals surface area contributed by atoms with Crippen LogP contribution in [-0.2, 0) is 0 Å².